The number of carboxylic acid groups (broad SMARTS) is 2. The number of aromatic amines is 1. The molecule has 166 valence electrons. The van der Waals surface area contributed by atoms with Gasteiger partial charge in [-0.25, -0.2) is 9.78 Å². The highest BCUT2D eigenvalue weighted by molar-refractivity contribution is 5.90. The summed E-state index contributed by atoms with van der Waals surface area (Å²) in [5.41, 5.74) is -0.949. The van der Waals surface area contributed by atoms with E-state index in [1.807, 2.05) is 0 Å². The van der Waals surface area contributed by atoms with Gasteiger partial charge in [-0.3, -0.25) is 9.59 Å². The first-order valence-electron chi connectivity index (χ1n) is 8.62. The minimum absolute atomic E-state index is 0. The first-order valence-corrected chi connectivity index (χ1v) is 8.62. The second-order valence-electron chi connectivity index (χ2n) is 6.31. The fourth-order valence-electron chi connectivity index (χ4n) is 2.44. The average molecular weight is 460 g/mol. The van der Waals surface area contributed by atoms with Crippen molar-refractivity contribution in [2.45, 2.75) is 26.2 Å². The SMILES string of the molecule is C=CN1CCCC1=O.C=Cc1ncc[nH]1.CC1(C(=O)O)C=CC=C(C(=O)O)C1.Cl.Cl. The third-order valence-corrected chi connectivity index (χ3v) is 4.13. The highest BCUT2D eigenvalue weighted by Crippen LogP contribution is 2.31. The van der Waals surface area contributed by atoms with E-state index >= 15 is 0 Å². The van der Waals surface area contributed by atoms with Crippen LogP contribution in [0.25, 0.3) is 6.08 Å². The number of amides is 1. The number of H-pyrrole nitrogens is 1. The van der Waals surface area contributed by atoms with Gasteiger partial charge in [0.25, 0.3) is 0 Å². The third kappa shape index (κ3) is 9.11. The average Bonchev–Trinajstić information content (AvgIpc) is 3.33. The van der Waals surface area contributed by atoms with Crippen LogP contribution in [0.15, 0.2) is 55.6 Å². The zero-order valence-electron chi connectivity index (χ0n) is 16.6. The second kappa shape index (κ2) is 14.2. The van der Waals surface area contributed by atoms with Crippen LogP contribution in [-0.4, -0.2) is 49.5 Å². The molecule has 0 saturated carbocycles. The van der Waals surface area contributed by atoms with Crippen LogP contribution in [0.1, 0.15) is 32.0 Å². The summed E-state index contributed by atoms with van der Waals surface area (Å²) < 4.78 is 0. The number of nitrogens with zero attached hydrogens (tertiary/aromatic N) is 2. The number of rotatable bonds is 4. The Kier molecular flexibility index (Phi) is 13.9. The van der Waals surface area contributed by atoms with Gasteiger partial charge in [0, 0.05) is 30.9 Å². The van der Waals surface area contributed by atoms with Gasteiger partial charge >= 0.3 is 11.9 Å². The molecule has 0 bridgehead atoms. The van der Waals surface area contributed by atoms with Gasteiger partial charge in [0.15, 0.2) is 0 Å². The molecule has 1 unspecified atom stereocenters. The molecule has 3 rings (SSSR count). The lowest BCUT2D eigenvalue weighted by molar-refractivity contribution is -0.145. The Bertz CT molecular complexity index is 790. The van der Waals surface area contributed by atoms with Crippen molar-refractivity contribution in [3.63, 3.8) is 0 Å². The normalized spacial score (nSPS) is 18.8. The molecule has 1 fully saturated rings. The molecule has 30 heavy (non-hydrogen) atoms. The van der Waals surface area contributed by atoms with Crippen molar-refractivity contribution in [2.75, 3.05) is 6.54 Å². The predicted octanol–water partition coefficient (Wildman–Crippen LogP) is 3.70. The van der Waals surface area contributed by atoms with E-state index in [9.17, 15) is 14.4 Å². The van der Waals surface area contributed by atoms with Gasteiger partial charge in [-0.05, 0) is 32.0 Å². The van der Waals surface area contributed by atoms with E-state index in [4.69, 9.17) is 10.2 Å². The molecule has 1 aliphatic heterocycles. The maximum Gasteiger partial charge on any atom is 0.331 e. The molecule has 1 aromatic heterocycles. The van der Waals surface area contributed by atoms with Crippen LogP contribution in [0.3, 0.4) is 0 Å². The number of carbonyl (C=O) groups is 3. The van der Waals surface area contributed by atoms with E-state index < -0.39 is 17.4 Å². The Morgan fingerprint density at radius 3 is 2.30 bits per heavy atom. The number of aromatic nitrogens is 2. The summed E-state index contributed by atoms with van der Waals surface area (Å²) >= 11 is 0. The first-order chi connectivity index (χ1) is 13.2. The van der Waals surface area contributed by atoms with E-state index in [0.29, 0.717) is 6.42 Å². The number of hydrogen-bond acceptors (Lipinski definition) is 4. The van der Waals surface area contributed by atoms with Crippen molar-refractivity contribution < 1.29 is 24.6 Å². The van der Waals surface area contributed by atoms with E-state index in [1.165, 1.54) is 25.2 Å². The van der Waals surface area contributed by atoms with E-state index in [-0.39, 0.29) is 42.7 Å². The Labute approximate surface area is 187 Å². The number of imidazole rings is 1. The number of carboxylic acids is 2. The molecule has 10 heteroatoms. The van der Waals surface area contributed by atoms with Gasteiger partial charge in [-0.2, -0.15) is 0 Å². The van der Waals surface area contributed by atoms with Crippen molar-refractivity contribution in [3.05, 3.63) is 61.4 Å². The zero-order valence-corrected chi connectivity index (χ0v) is 18.2. The smallest absolute Gasteiger partial charge is 0.331 e. The molecular formula is C20H27Cl2N3O5. The van der Waals surface area contributed by atoms with Gasteiger partial charge in [0.1, 0.15) is 5.82 Å². The quantitative estimate of drug-likeness (QED) is 0.630. The lowest BCUT2D eigenvalue weighted by Crippen LogP contribution is -2.28. The Hall–Kier alpha value is -2.84. The van der Waals surface area contributed by atoms with E-state index in [0.717, 1.165) is 18.8 Å². The van der Waals surface area contributed by atoms with Crippen molar-refractivity contribution >= 4 is 48.7 Å². The molecular weight excluding hydrogens is 433 g/mol. The molecule has 0 aromatic carbocycles. The van der Waals surface area contributed by atoms with Gasteiger partial charge in [-0.15, -0.1) is 24.8 Å². The zero-order chi connectivity index (χ0) is 21.2. The Balaban J connectivity index is 0. The molecule has 2 heterocycles. The van der Waals surface area contributed by atoms with Crippen molar-refractivity contribution in [3.8, 4) is 0 Å². The van der Waals surface area contributed by atoms with Crippen LogP contribution < -0.4 is 0 Å². The van der Waals surface area contributed by atoms with Gasteiger partial charge < -0.3 is 20.1 Å². The summed E-state index contributed by atoms with van der Waals surface area (Å²) in [7, 11) is 0. The number of carbonyl (C=O) groups excluding carboxylic acids is 1. The maximum absolute atomic E-state index is 10.8. The number of nitrogens with one attached hydrogen (secondary N) is 1. The number of allylic oxidation sites excluding steroid dienone is 2. The molecule has 3 N–H and O–H groups in total. The van der Waals surface area contributed by atoms with Gasteiger partial charge in [0.2, 0.25) is 5.91 Å². The fourth-order valence-corrected chi connectivity index (χ4v) is 2.44. The van der Waals surface area contributed by atoms with Crippen molar-refractivity contribution in [1.82, 2.24) is 14.9 Å². The Morgan fingerprint density at radius 1 is 1.30 bits per heavy atom. The predicted molar refractivity (Wildman–Crippen MR) is 120 cm³/mol. The lowest BCUT2D eigenvalue weighted by atomic mass is 9.80. The van der Waals surface area contributed by atoms with E-state index in [2.05, 4.69) is 23.1 Å². The number of hydrogen-bond donors (Lipinski definition) is 3. The van der Waals surface area contributed by atoms with E-state index in [1.54, 1.807) is 29.6 Å². The number of halogens is 2. The number of aliphatic carboxylic acids is 2. The van der Waals surface area contributed by atoms with Crippen LogP contribution in [0, 0.1) is 5.41 Å². The summed E-state index contributed by atoms with van der Waals surface area (Å²) in [6.45, 7) is 9.37. The minimum atomic E-state index is -1.08. The maximum atomic E-state index is 10.8. The first kappa shape index (κ1) is 29.4. The highest BCUT2D eigenvalue weighted by atomic mass is 35.5. The lowest BCUT2D eigenvalue weighted by Gasteiger charge is -2.23. The third-order valence-electron chi connectivity index (χ3n) is 4.13. The molecule has 1 aromatic rings. The van der Waals surface area contributed by atoms with Gasteiger partial charge in [0.05, 0.1) is 5.41 Å². The molecule has 1 amide bonds. The molecule has 1 aliphatic carbocycles. The molecule has 2 aliphatic rings. The molecule has 8 nitrogen and oxygen atoms in total. The van der Waals surface area contributed by atoms with Crippen LogP contribution in [0.5, 0.6) is 0 Å². The Morgan fingerprint density at radius 2 is 1.97 bits per heavy atom. The molecule has 1 atom stereocenters. The number of likely N-dealkylation sites (tertiary alicyclic amines) is 1. The molecule has 0 spiro atoms. The topological polar surface area (TPSA) is 124 Å². The van der Waals surface area contributed by atoms with Crippen molar-refractivity contribution in [1.29, 1.82) is 0 Å². The van der Waals surface area contributed by atoms with Crippen LogP contribution in [0.2, 0.25) is 0 Å². The summed E-state index contributed by atoms with van der Waals surface area (Å²) in [6.07, 6.45) is 12.8. The second-order valence-corrected chi connectivity index (χ2v) is 6.31. The van der Waals surface area contributed by atoms with Crippen LogP contribution in [-0.2, 0) is 14.4 Å². The molecule has 1 saturated heterocycles. The van der Waals surface area contributed by atoms with Crippen LogP contribution in [0.4, 0.5) is 0 Å². The molecule has 0 radical (unpaired) electrons. The van der Waals surface area contributed by atoms with Crippen LogP contribution >= 0.6 is 24.8 Å². The summed E-state index contributed by atoms with van der Waals surface area (Å²) in [5, 5.41) is 17.5. The summed E-state index contributed by atoms with van der Waals surface area (Å²) in [5.74, 6) is -1.03. The summed E-state index contributed by atoms with van der Waals surface area (Å²) in [4.78, 5) is 40.4. The largest absolute Gasteiger partial charge is 0.481 e. The highest BCUT2D eigenvalue weighted by Gasteiger charge is 2.34. The summed E-state index contributed by atoms with van der Waals surface area (Å²) in [6, 6.07) is 0. The minimum Gasteiger partial charge on any atom is -0.481 e. The van der Waals surface area contributed by atoms with Crippen molar-refractivity contribution in [2.24, 2.45) is 5.41 Å². The standard InChI is InChI=1S/C9H10O4.C6H9NO.C5H6N2.2ClH/c1-9(8(12)13)4-2-3-6(5-9)7(10)11;1-2-7-5-3-4-6(7)8;1-2-5-6-3-4-7-5;;/h2-4H,5H2,1H3,(H,10,11)(H,12,13);2H,1,3-5H2;2-4H,1H2,(H,6,7);2*1H. The monoisotopic (exact) mass is 459 g/mol. The van der Waals surface area contributed by atoms with Gasteiger partial charge in [-0.1, -0.05) is 31.4 Å². The fraction of sp³-hybridized carbons (Fsp3) is 0.300.